The van der Waals surface area contributed by atoms with E-state index in [2.05, 4.69) is 6.92 Å². The molecular weight excluding hydrogens is 375 g/mol. The number of cyclic esters (lactones) is 1. The van der Waals surface area contributed by atoms with Crippen molar-refractivity contribution in [2.24, 2.45) is 0 Å². The fourth-order valence-electron chi connectivity index (χ4n) is 3.24. The number of carbonyl (C=O) groups excluding carboxylic acids is 1. The van der Waals surface area contributed by atoms with Crippen LogP contribution in [0, 0.1) is 0 Å². The zero-order valence-electron chi connectivity index (χ0n) is 18.0. The van der Waals surface area contributed by atoms with Gasteiger partial charge in [0.1, 0.15) is 0 Å². The number of hydrogen-bond donors (Lipinski definition) is 1. The van der Waals surface area contributed by atoms with Crippen LogP contribution in [0.25, 0.3) is 0 Å². The molecule has 0 saturated heterocycles. The van der Waals surface area contributed by atoms with Gasteiger partial charge in [-0.1, -0.05) is 64.7 Å². The molecule has 5 nitrogen and oxygen atoms in total. The van der Waals surface area contributed by atoms with Crippen molar-refractivity contribution < 1.29 is 23.7 Å². The van der Waals surface area contributed by atoms with Gasteiger partial charge in [-0.05, 0) is 38.1 Å². The standard InChI is InChI=1S/C22H39O5P/c1-4-7-8-9-10-11-12-13-14-15-16-19(18-28(25-5-2)26-6-3)20-17-21(23)27-22(20)24/h17-18,22,24H,4-16H2,1-3H3/b19-18+. The first-order valence-corrected chi connectivity index (χ1v) is 12.2. The normalized spacial score (nSPS) is 17.3. The molecule has 0 aliphatic carbocycles. The predicted octanol–water partition coefficient (Wildman–Crippen LogP) is 6.37. The Hall–Kier alpha value is -0.740. The zero-order chi connectivity index (χ0) is 20.6. The van der Waals surface area contributed by atoms with Crippen molar-refractivity contribution in [2.75, 3.05) is 13.2 Å². The van der Waals surface area contributed by atoms with Gasteiger partial charge in [-0.15, -0.1) is 0 Å². The summed E-state index contributed by atoms with van der Waals surface area (Å²) < 4.78 is 16.2. The lowest BCUT2D eigenvalue weighted by atomic mass is 10.00. The number of aliphatic hydroxyl groups excluding tert-OH is 1. The summed E-state index contributed by atoms with van der Waals surface area (Å²) in [7, 11) is -1.17. The maximum Gasteiger partial charge on any atom is 0.333 e. The molecule has 0 fully saturated rings. The van der Waals surface area contributed by atoms with E-state index in [0.717, 1.165) is 24.8 Å². The Morgan fingerprint density at radius 2 is 1.54 bits per heavy atom. The smallest absolute Gasteiger partial charge is 0.333 e. The van der Waals surface area contributed by atoms with Crippen molar-refractivity contribution in [2.45, 2.75) is 97.7 Å². The molecule has 1 rings (SSSR count). The van der Waals surface area contributed by atoms with Crippen molar-refractivity contribution in [3.63, 3.8) is 0 Å². The maximum absolute atomic E-state index is 11.5. The van der Waals surface area contributed by atoms with Crippen molar-refractivity contribution in [3.8, 4) is 0 Å². The highest BCUT2D eigenvalue weighted by molar-refractivity contribution is 7.50. The molecule has 28 heavy (non-hydrogen) atoms. The summed E-state index contributed by atoms with van der Waals surface area (Å²) in [5.74, 6) is 1.45. The largest absolute Gasteiger partial charge is 0.428 e. The molecule has 1 aliphatic rings. The van der Waals surface area contributed by atoms with E-state index in [-0.39, 0.29) is 0 Å². The van der Waals surface area contributed by atoms with Crippen LogP contribution in [0.15, 0.2) is 23.0 Å². The maximum atomic E-state index is 11.5. The molecule has 162 valence electrons. The van der Waals surface area contributed by atoms with Crippen LogP contribution in [0.2, 0.25) is 0 Å². The number of aliphatic hydroxyl groups is 1. The van der Waals surface area contributed by atoms with E-state index in [1.807, 2.05) is 19.7 Å². The number of carbonyl (C=O) groups is 1. The number of unbranched alkanes of at least 4 members (excludes halogenated alkanes) is 9. The zero-order valence-corrected chi connectivity index (χ0v) is 18.8. The van der Waals surface area contributed by atoms with Gasteiger partial charge in [0.05, 0.1) is 13.2 Å². The third-order valence-corrected chi connectivity index (χ3v) is 6.26. The first kappa shape index (κ1) is 25.3. The van der Waals surface area contributed by atoms with Crippen molar-refractivity contribution in [1.29, 1.82) is 0 Å². The molecule has 0 amide bonds. The van der Waals surface area contributed by atoms with Gasteiger partial charge in [0.15, 0.2) is 8.38 Å². The Bertz CT molecular complexity index is 483. The van der Waals surface area contributed by atoms with Gasteiger partial charge in [-0.3, -0.25) is 0 Å². The van der Waals surface area contributed by atoms with E-state index < -0.39 is 20.6 Å². The van der Waals surface area contributed by atoms with Gasteiger partial charge in [-0.25, -0.2) is 4.79 Å². The molecule has 1 atom stereocenters. The third-order valence-electron chi connectivity index (χ3n) is 4.71. The molecule has 0 spiro atoms. The number of rotatable bonds is 17. The van der Waals surface area contributed by atoms with Crippen LogP contribution in [0.3, 0.4) is 0 Å². The van der Waals surface area contributed by atoms with Crippen LogP contribution in [0.1, 0.15) is 91.4 Å². The van der Waals surface area contributed by atoms with Crippen LogP contribution < -0.4 is 0 Å². The lowest BCUT2D eigenvalue weighted by molar-refractivity contribution is -0.150. The molecule has 1 N–H and O–H groups in total. The van der Waals surface area contributed by atoms with E-state index in [1.54, 1.807) is 0 Å². The molecule has 1 unspecified atom stereocenters. The molecule has 0 aromatic heterocycles. The van der Waals surface area contributed by atoms with Gasteiger partial charge >= 0.3 is 5.97 Å². The van der Waals surface area contributed by atoms with Gasteiger partial charge < -0.3 is 18.9 Å². The molecule has 1 heterocycles. The highest BCUT2D eigenvalue weighted by Gasteiger charge is 2.27. The summed E-state index contributed by atoms with van der Waals surface area (Å²) in [6.45, 7) is 7.23. The Labute approximate surface area is 172 Å². The summed E-state index contributed by atoms with van der Waals surface area (Å²) in [5.41, 5.74) is 1.46. The van der Waals surface area contributed by atoms with Crippen LogP contribution in [0.4, 0.5) is 0 Å². The highest BCUT2D eigenvalue weighted by Crippen LogP contribution is 2.43. The SMILES string of the molecule is CCCCCCCCCCCC/C(=C\P(OCC)OCC)C1=CC(=O)OC1O. The summed E-state index contributed by atoms with van der Waals surface area (Å²) in [5, 5.41) is 10.0. The summed E-state index contributed by atoms with van der Waals surface area (Å²) in [4.78, 5) is 11.5. The van der Waals surface area contributed by atoms with Crippen LogP contribution in [-0.4, -0.2) is 30.6 Å². The van der Waals surface area contributed by atoms with E-state index in [4.69, 9.17) is 13.8 Å². The second-order valence-corrected chi connectivity index (χ2v) is 8.44. The molecular formula is C22H39O5P. The number of esters is 1. The highest BCUT2D eigenvalue weighted by atomic mass is 31.2. The number of ether oxygens (including phenoxy) is 1. The predicted molar refractivity (Wildman–Crippen MR) is 115 cm³/mol. The lowest BCUT2D eigenvalue weighted by Gasteiger charge is -2.16. The van der Waals surface area contributed by atoms with Gasteiger partial charge in [0.2, 0.25) is 6.29 Å². The Morgan fingerprint density at radius 3 is 2.00 bits per heavy atom. The molecule has 0 aromatic carbocycles. The van der Waals surface area contributed by atoms with Crippen LogP contribution in [0.5, 0.6) is 0 Å². The molecule has 6 heteroatoms. The summed E-state index contributed by atoms with van der Waals surface area (Å²) in [6, 6.07) is 0. The molecule has 0 aromatic rings. The minimum absolute atomic E-state index is 0.492. The van der Waals surface area contributed by atoms with Crippen LogP contribution >= 0.6 is 8.38 Å². The van der Waals surface area contributed by atoms with E-state index in [0.29, 0.717) is 18.8 Å². The molecule has 0 radical (unpaired) electrons. The van der Waals surface area contributed by atoms with Crippen molar-refractivity contribution in [3.05, 3.63) is 23.0 Å². The fourth-order valence-corrected chi connectivity index (χ4v) is 4.50. The van der Waals surface area contributed by atoms with Crippen molar-refractivity contribution >= 4 is 14.3 Å². The fraction of sp³-hybridized carbons (Fsp3) is 0.773. The number of hydrogen-bond acceptors (Lipinski definition) is 5. The average Bonchev–Trinajstić information content (AvgIpc) is 3.00. The first-order valence-electron chi connectivity index (χ1n) is 11.0. The monoisotopic (exact) mass is 414 g/mol. The Balaban J connectivity index is 2.46. The summed E-state index contributed by atoms with van der Waals surface area (Å²) >= 11 is 0. The van der Waals surface area contributed by atoms with E-state index >= 15 is 0 Å². The summed E-state index contributed by atoms with van der Waals surface area (Å²) in [6.07, 6.45) is 13.7. The van der Waals surface area contributed by atoms with Gasteiger partial charge in [-0.2, -0.15) is 0 Å². The molecule has 0 saturated carbocycles. The lowest BCUT2D eigenvalue weighted by Crippen LogP contribution is -2.11. The van der Waals surface area contributed by atoms with Gasteiger partial charge in [0.25, 0.3) is 0 Å². The second-order valence-electron chi connectivity index (χ2n) is 7.10. The first-order chi connectivity index (χ1) is 13.6. The topological polar surface area (TPSA) is 65.0 Å². The molecule has 0 bridgehead atoms. The van der Waals surface area contributed by atoms with Crippen molar-refractivity contribution in [1.82, 2.24) is 0 Å². The minimum atomic E-state index is -1.18. The van der Waals surface area contributed by atoms with E-state index in [1.165, 1.54) is 57.4 Å². The second kappa shape index (κ2) is 16.1. The quantitative estimate of drug-likeness (QED) is 0.170. The third kappa shape index (κ3) is 10.7. The average molecular weight is 415 g/mol. The van der Waals surface area contributed by atoms with Gasteiger partial charge in [0, 0.05) is 11.6 Å². The minimum Gasteiger partial charge on any atom is -0.428 e. The Kier molecular flexibility index (Phi) is 14.5. The van der Waals surface area contributed by atoms with Crippen LogP contribution in [-0.2, 0) is 18.6 Å². The van der Waals surface area contributed by atoms with E-state index in [9.17, 15) is 9.90 Å². The Morgan fingerprint density at radius 1 is 1.00 bits per heavy atom. The molecule has 1 aliphatic heterocycles.